The van der Waals surface area contributed by atoms with Gasteiger partial charge in [0.1, 0.15) is 0 Å². The summed E-state index contributed by atoms with van der Waals surface area (Å²) >= 11 is 0. The maximum atomic E-state index is 12.4. The van der Waals surface area contributed by atoms with Crippen LogP contribution in [0.2, 0.25) is 0 Å². The van der Waals surface area contributed by atoms with E-state index in [4.69, 9.17) is 5.11 Å². The normalized spacial score (nSPS) is 24.3. The number of carboxylic acids is 1. The molecule has 1 heterocycles. The Morgan fingerprint density at radius 3 is 2.61 bits per heavy atom. The number of carbonyl (C=O) groups excluding carboxylic acids is 1. The van der Waals surface area contributed by atoms with Crippen molar-refractivity contribution in [2.45, 2.75) is 57.0 Å². The lowest BCUT2D eigenvalue weighted by Crippen LogP contribution is -2.47. The molecule has 2 N–H and O–H groups in total. The summed E-state index contributed by atoms with van der Waals surface area (Å²) in [6.07, 6.45) is 6.37. The van der Waals surface area contributed by atoms with Crippen LogP contribution in [0.1, 0.15) is 44.9 Å². The fourth-order valence-corrected chi connectivity index (χ4v) is 2.51. The number of amides is 1. The van der Waals surface area contributed by atoms with Gasteiger partial charge in [-0.2, -0.15) is 0 Å². The summed E-state index contributed by atoms with van der Waals surface area (Å²) in [6, 6.07) is 0.198. The number of nitrogens with one attached hydrogen (secondary N) is 1. The standard InChI is InChI=1S/C13H22N2O3/c16-12(17)7-9-15(10-5-6-10)13(18)11-4-2-1-3-8-14-11/h10-11,14H,1-9H2,(H,16,17). The van der Waals surface area contributed by atoms with Crippen LogP contribution in [0.25, 0.3) is 0 Å². The summed E-state index contributed by atoms with van der Waals surface area (Å²) in [5.41, 5.74) is 0. The van der Waals surface area contributed by atoms with Gasteiger partial charge in [-0.25, -0.2) is 0 Å². The molecule has 1 aliphatic carbocycles. The van der Waals surface area contributed by atoms with Crippen LogP contribution in [0.4, 0.5) is 0 Å². The van der Waals surface area contributed by atoms with Crippen molar-refractivity contribution in [1.29, 1.82) is 0 Å². The zero-order valence-electron chi connectivity index (χ0n) is 10.7. The number of carbonyl (C=O) groups is 2. The molecule has 2 rings (SSSR count). The highest BCUT2D eigenvalue weighted by Crippen LogP contribution is 2.28. The van der Waals surface area contributed by atoms with Gasteiger partial charge in [-0.3, -0.25) is 9.59 Å². The summed E-state index contributed by atoms with van der Waals surface area (Å²) in [4.78, 5) is 24.9. The molecular formula is C13H22N2O3. The number of rotatable bonds is 5. The molecule has 1 unspecified atom stereocenters. The maximum Gasteiger partial charge on any atom is 0.305 e. The van der Waals surface area contributed by atoms with Gasteiger partial charge in [-0.05, 0) is 32.2 Å². The molecule has 0 aromatic heterocycles. The zero-order valence-corrected chi connectivity index (χ0v) is 10.7. The molecule has 0 aromatic rings. The molecule has 1 atom stereocenters. The molecular weight excluding hydrogens is 232 g/mol. The second-order valence-corrected chi connectivity index (χ2v) is 5.26. The average Bonchev–Trinajstić information content (AvgIpc) is 3.15. The van der Waals surface area contributed by atoms with E-state index in [0.29, 0.717) is 12.6 Å². The summed E-state index contributed by atoms with van der Waals surface area (Å²) in [6.45, 7) is 1.25. The van der Waals surface area contributed by atoms with Gasteiger partial charge in [0.25, 0.3) is 0 Å². The second kappa shape index (κ2) is 6.18. The van der Waals surface area contributed by atoms with Crippen molar-refractivity contribution in [3.8, 4) is 0 Å². The van der Waals surface area contributed by atoms with Gasteiger partial charge in [0.2, 0.25) is 5.91 Å². The maximum absolute atomic E-state index is 12.4. The van der Waals surface area contributed by atoms with E-state index in [-0.39, 0.29) is 18.4 Å². The van der Waals surface area contributed by atoms with Crippen LogP contribution in [0.3, 0.4) is 0 Å². The summed E-state index contributed by atoms with van der Waals surface area (Å²) in [5, 5.41) is 12.0. The van der Waals surface area contributed by atoms with Crippen molar-refractivity contribution >= 4 is 11.9 Å². The van der Waals surface area contributed by atoms with Crippen LogP contribution in [-0.4, -0.2) is 47.1 Å². The highest BCUT2D eigenvalue weighted by molar-refractivity contribution is 5.83. The minimum atomic E-state index is -0.831. The molecule has 2 fully saturated rings. The van der Waals surface area contributed by atoms with Gasteiger partial charge in [0, 0.05) is 12.6 Å². The third kappa shape index (κ3) is 3.70. The SMILES string of the molecule is O=C(O)CCN(C(=O)C1CCCCCN1)C1CC1. The minimum Gasteiger partial charge on any atom is -0.481 e. The van der Waals surface area contributed by atoms with E-state index >= 15 is 0 Å². The van der Waals surface area contributed by atoms with Crippen molar-refractivity contribution in [1.82, 2.24) is 10.2 Å². The molecule has 1 saturated heterocycles. The summed E-state index contributed by atoms with van der Waals surface area (Å²) < 4.78 is 0. The molecule has 0 bridgehead atoms. The lowest BCUT2D eigenvalue weighted by Gasteiger charge is -2.26. The molecule has 0 aromatic carbocycles. The van der Waals surface area contributed by atoms with Crippen molar-refractivity contribution in [2.75, 3.05) is 13.1 Å². The molecule has 5 heteroatoms. The van der Waals surface area contributed by atoms with Crippen molar-refractivity contribution < 1.29 is 14.7 Å². The first kappa shape index (κ1) is 13.3. The smallest absolute Gasteiger partial charge is 0.305 e. The first-order valence-corrected chi connectivity index (χ1v) is 6.94. The van der Waals surface area contributed by atoms with Crippen LogP contribution >= 0.6 is 0 Å². The first-order chi connectivity index (χ1) is 8.68. The summed E-state index contributed by atoms with van der Waals surface area (Å²) in [5.74, 6) is -0.720. The second-order valence-electron chi connectivity index (χ2n) is 5.26. The molecule has 0 spiro atoms. The number of hydrogen-bond acceptors (Lipinski definition) is 3. The van der Waals surface area contributed by atoms with Gasteiger partial charge in [0.05, 0.1) is 12.5 Å². The highest BCUT2D eigenvalue weighted by Gasteiger charge is 2.35. The van der Waals surface area contributed by atoms with E-state index in [1.54, 1.807) is 4.90 Å². The van der Waals surface area contributed by atoms with Gasteiger partial charge < -0.3 is 15.3 Å². The molecule has 1 aliphatic heterocycles. The summed E-state index contributed by atoms with van der Waals surface area (Å²) in [7, 11) is 0. The van der Waals surface area contributed by atoms with Gasteiger partial charge >= 0.3 is 5.97 Å². The zero-order chi connectivity index (χ0) is 13.0. The van der Waals surface area contributed by atoms with Gasteiger partial charge in [-0.15, -0.1) is 0 Å². The molecule has 0 radical (unpaired) electrons. The Morgan fingerprint density at radius 1 is 1.17 bits per heavy atom. The third-order valence-corrected chi connectivity index (χ3v) is 3.70. The average molecular weight is 254 g/mol. The van der Waals surface area contributed by atoms with Crippen molar-refractivity contribution in [2.24, 2.45) is 0 Å². The number of hydrogen-bond donors (Lipinski definition) is 2. The Kier molecular flexibility index (Phi) is 4.58. The molecule has 102 valence electrons. The number of aliphatic carboxylic acids is 1. The van der Waals surface area contributed by atoms with Crippen LogP contribution in [0, 0.1) is 0 Å². The lowest BCUT2D eigenvalue weighted by molar-refractivity contribution is -0.139. The molecule has 2 aliphatic rings. The van der Waals surface area contributed by atoms with E-state index in [1.807, 2.05) is 0 Å². The molecule has 5 nitrogen and oxygen atoms in total. The van der Waals surface area contributed by atoms with E-state index in [0.717, 1.165) is 38.6 Å². The Morgan fingerprint density at radius 2 is 1.94 bits per heavy atom. The van der Waals surface area contributed by atoms with Gasteiger partial charge in [-0.1, -0.05) is 12.8 Å². The predicted octanol–water partition coefficient (Wildman–Crippen LogP) is 0.984. The van der Waals surface area contributed by atoms with Crippen LogP contribution in [0.15, 0.2) is 0 Å². The fraction of sp³-hybridized carbons (Fsp3) is 0.846. The third-order valence-electron chi connectivity index (χ3n) is 3.70. The van der Waals surface area contributed by atoms with Crippen molar-refractivity contribution in [3.63, 3.8) is 0 Å². The molecule has 18 heavy (non-hydrogen) atoms. The van der Waals surface area contributed by atoms with E-state index < -0.39 is 5.97 Å². The van der Waals surface area contributed by atoms with Gasteiger partial charge in [0.15, 0.2) is 0 Å². The van der Waals surface area contributed by atoms with Crippen LogP contribution < -0.4 is 5.32 Å². The van der Waals surface area contributed by atoms with Crippen LogP contribution in [-0.2, 0) is 9.59 Å². The van der Waals surface area contributed by atoms with E-state index in [1.165, 1.54) is 6.42 Å². The largest absolute Gasteiger partial charge is 0.481 e. The topological polar surface area (TPSA) is 69.6 Å². The Bertz CT molecular complexity index is 307. The first-order valence-electron chi connectivity index (χ1n) is 6.94. The Balaban J connectivity index is 1.91. The van der Waals surface area contributed by atoms with Crippen LogP contribution in [0.5, 0.6) is 0 Å². The predicted molar refractivity (Wildman–Crippen MR) is 67.2 cm³/mol. The van der Waals surface area contributed by atoms with Crippen molar-refractivity contribution in [3.05, 3.63) is 0 Å². The lowest BCUT2D eigenvalue weighted by atomic mass is 10.1. The monoisotopic (exact) mass is 254 g/mol. The fourth-order valence-electron chi connectivity index (χ4n) is 2.51. The van der Waals surface area contributed by atoms with E-state index in [2.05, 4.69) is 5.32 Å². The quantitative estimate of drug-likeness (QED) is 0.767. The highest BCUT2D eigenvalue weighted by atomic mass is 16.4. The minimum absolute atomic E-state index is 0.0506. The Labute approximate surface area is 108 Å². The Hall–Kier alpha value is -1.10. The molecule has 1 saturated carbocycles. The number of nitrogens with zero attached hydrogens (tertiary/aromatic N) is 1. The molecule has 1 amide bonds. The number of carboxylic acid groups (broad SMARTS) is 1. The van der Waals surface area contributed by atoms with E-state index in [9.17, 15) is 9.59 Å².